The molecule has 0 amide bonds. The van der Waals surface area contributed by atoms with E-state index in [1.807, 2.05) is 6.07 Å². The number of rotatable bonds is 6. The first-order valence-corrected chi connectivity index (χ1v) is 8.72. The van der Waals surface area contributed by atoms with Crippen molar-refractivity contribution in [2.24, 2.45) is 0 Å². The molecule has 2 aromatic heterocycles. The fraction of sp³-hybridized carbons (Fsp3) is 0.0952. The standard InChI is InChI=1S/C21H15F2N3O3/c22-21(23)26-17-11-5-4-10-16(17)25-18(26)13-28-20(27)15-9-6-12-24-19(15)29-14-7-2-1-3-8-14/h1-12,21H,13H2. The Hall–Kier alpha value is -3.81. The van der Waals surface area contributed by atoms with Crippen molar-refractivity contribution in [3.63, 3.8) is 0 Å². The molecule has 8 heteroatoms. The van der Waals surface area contributed by atoms with Crippen LogP contribution in [0.25, 0.3) is 11.0 Å². The average molecular weight is 395 g/mol. The Balaban J connectivity index is 1.56. The molecular weight excluding hydrogens is 380 g/mol. The van der Waals surface area contributed by atoms with Crippen LogP contribution in [-0.4, -0.2) is 20.5 Å². The molecule has 146 valence electrons. The van der Waals surface area contributed by atoms with Crippen molar-refractivity contribution < 1.29 is 23.0 Å². The second-order valence-corrected chi connectivity index (χ2v) is 6.01. The van der Waals surface area contributed by atoms with Gasteiger partial charge in [-0.15, -0.1) is 0 Å². The highest BCUT2D eigenvalue weighted by Crippen LogP contribution is 2.25. The van der Waals surface area contributed by atoms with E-state index >= 15 is 0 Å². The lowest BCUT2D eigenvalue weighted by atomic mass is 10.2. The number of nitrogens with zero attached hydrogens (tertiary/aromatic N) is 3. The first-order chi connectivity index (χ1) is 14.1. The SMILES string of the molecule is O=C(OCc1nc2ccccc2n1C(F)F)c1cccnc1Oc1ccccc1. The molecule has 0 atom stereocenters. The van der Waals surface area contributed by atoms with Gasteiger partial charge in [0.05, 0.1) is 11.0 Å². The van der Waals surface area contributed by atoms with E-state index in [0.29, 0.717) is 11.3 Å². The molecular formula is C21H15F2N3O3. The molecule has 0 aliphatic heterocycles. The van der Waals surface area contributed by atoms with E-state index in [9.17, 15) is 13.6 Å². The van der Waals surface area contributed by atoms with Gasteiger partial charge in [0.1, 0.15) is 17.9 Å². The number of hydrogen-bond donors (Lipinski definition) is 0. The third-order valence-corrected chi connectivity index (χ3v) is 4.15. The molecule has 4 rings (SSSR count). The summed E-state index contributed by atoms with van der Waals surface area (Å²) in [5.74, 6) is -0.244. The molecule has 0 unspecified atom stereocenters. The van der Waals surface area contributed by atoms with Gasteiger partial charge in [-0.1, -0.05) is 30.3 Å². The predicted octanol–water partition coefficient (Wildman–Crippen LogP) is 4.98. The Labute approximate surface area is 164 Å². The number of para-hydroxylation sites is 3. The summed E-state index contributed by atoms with van der Waals surface area (Å²) in [4.78, 5) is 20.8. The van der Waals surface area contributed by atoms with Gasteiger partial charge in [-0.05, 0) is 36.4 Å². The topological polar surface area (TPSA) is 66.2 Å². The van der Waals surface area contributed by atoms with E-state index in [-0.39, 0.29) is 22.8 Å². The summed E-state index contributed by atoms with van der Waals surface area (Å²) < 4.78 is 38.6. The van der Waals surface area contributed by atoms with Crippen LogP contribution in [0.1, 0.15) is 22.7 Å². The van der Waals surface area contributed by atoms with E-state index < -0.39 is 19.1 Å². The summed E-state index contributed by atoms with van der Waals surface area (Å²) in [5, 5.41) is 0. The van der Waals surface area contributed by atoms with Crippen LogP contribution in [0.3, 0.4) is 0 Å². The lowest BCUT2D eigenvalue weighted by molar-refractivity contribution is 0.0384. The number of hydrogen-bond acceptors (Lipinski definition) is 5. The van der Waals surface area contributed by atoms with Gasteiger partial charge in [0.2, 0.25) is 5.88 Å². The molecule has 6 nitrogen and oxygen atoms in total. The zero-order valence-corrected chi connectivity index (χ0v) is 15.0. The smallest absolute Gasteiger partial charge is 0.344 e. The van der Waals surface area contributed by atoms with Gasteiger partial charge in [-0.2, -0.15) is 8.78 Å². The van der Waals surface area contributed by atoms with E-state index in [0.717, 1.165) is 4.57 Å². The first kappa shape index (κ1) is 18.5. The highest BCUT2D eigenvalue weighted by atomic mass is 19.3. The van der Waals surface area contributed by atoms with Crippen LogP contribution < -0.4 is 4.74 Å². The minimum atomic E-state index is -2.81. The Kier molecular flexibility index (Phi) is 5.15. The molecule has 29 heavy (non-hydrogen) atoms. The maximum Gasteiger partial charge on any atom is 0.344 e. The number of imidazole rings is 1. The summed E-state index contributed by atoms with van der Waals surface area (Å²) >= 11 is 0. The summed E-state index contributed by atoms with van der Waals surface area (Å²) in [6.07, 6.45) is 1.48. The van der Waals surface area contributed by atoms with Crippen LogP contribution in [0.5, 0.6) is 11.6 Å². The molecule has 2 heterocycles. The van der Waals surface area contributed by atoms with Gasteiger partial charge >= 0.3 is 12.5 Å². The minimum Gasteiger partial charge on any atom is -0.454 e. The van der Waals surface area contributed by atoms with Crippen LogP contribution in [0, 0.1) is 0 Å². The Morgan fingerprint density at radius 2 is 1.76 bits per heavy atom. The number of pyridine rings is 1. The number of alkyl halides is 2. The van der Waals surface area contributed by atoms with Crippen LogP contribution in [0.2, 0.25) is 0 Å². The molecule has 0 saturated carbocycles. The molecule has 0 saturated heterocycles. The fourth-order valence-electron chi connectivity index (χ4n) is 2.85. The molecule has 0 radical (unpaired) electrons. The van der Waals surface area contributed by atoms with Crippen molar-refractivity contribution in [2.45, 2.75) is 13.2 Å². The van der Waals surface area contributed by atoms with Gasteiger partial charge in [-0.25, -0.2) is 14.8 Å². The second kappa shape index (κ2) is 8.05. The maximum atomic E-state index is 13.5. The van der Waals surface area contributed by atoms with Crippen molar-refractivity contribution in [1.82, 2.24) is 14.5 Å². The van der Waals surface area contributed by atoms with Crippen LogP contribution >= 0.6 is 0 Å². The molecule has 0 N–H and O–H groups in total. The fourth-order valence-corrected chi connectivity index (χ4v) is 2.85. The maximum absolute atomic E-state index is 13.5. The van der Waals surface area contributed by atoms with E-state index in [4.69, 9.17) is 9.47 Å². The van der Waals surface area contributed by atoms with Crippen LogP contribution in [0.15, 0.2) is 72.9 Å². The van der Waals surface area contributed by atoms with Crippen molar-refractivity contribution in [2.75, 3.05) is 0 Å². The second-order valence-electron chi connectivity index (χ2n) is 6.01. The third kappa shape index (κ3) is 3.91. The van der Waals surface area contributed by atoms with E-state index in [2.05, 4.69) is 9.97 Å². The molecule has 0 aliphatic rings. The molecule has 0 bridgehead atoms. The Bertz CT molecular complexity index is 1150. The normalized spacial score (nSPS) is 11.0. The van der Waals surface area contributed by atoms with Gasteiger partial charge < -0.3 is 9.47 Å². The Morgan fingerprint density at radius 1 is 1.00 bits per heavy atom. The molecule has 2 aromatic carbocycles. The Morgan fingerprint density at radius 3 is 2.55 bits per heavy atom. The van der Waals surface area contributed by atoms with Crippen LogP contribution in [-0.2, 0) is 11.3 Å². The monoisotopic (exact) mass is 395 g/mol. The highest BCUT2D eigenvalue weighted by Gasteiger charge is 2.21. The zero-order valence-electron chi connectivity index (χ0n) is 15.0. The largest absolute Gasteiger partial charge is 0.454 e. The van der Waals surface area contributed by atoms with Gasteiger partial charge in [0.25, 0.3) is 0 Å². The van der Waals surface area contributed by atoms with Crippen molar-refractivity contribution in [3.05, 3.63) is 84.3 Å². The summed E-state index contributed by atoms with van der Waals surface area (Å²) in [5.41, 5.74) is 0.743. The number of ether oxygens (including phenoxy) is 2. The lowest BCUT2D eigenvalue weighted by Crippen LogP contribution is -2.11. The van der Waals surface area contributed by atoms with Gasteiger partial charge in [-0.3, -0.25) is 4.57 Å². The number of esters is 1. The third-order valence-electron chi connectivity index (χ3n) is 4.15. The average Bonchev–Trinajstić information content (AvgIpc) is 3.12. The number of carbonyl (C=O) groups excluding carboxylic acids is 1. The predicted molar refractivity (Wildman–Crippen MR) is 101 cm³/mol. The van der Waals surface area contributed by atoms with Crippen LogP contribution in [0.4, 0.5) is 8.78 Å². The molecule has 4 aromatic rings. The van der Waals surface area contributed by atoms with E-state index in [1.54, 1.807) is 48.5 Å². The molecule has 0 aliphatic carbocycles. The number of benzene rings is 2. The van der Waals surface area contributed by atoms with Crippen molar-refractivity contribution >= 4 is 17.0 Å². The first-order valence-electron chi connectivity index (χ1n) is 8.72. The molecule has 0 fully saturated rings. The number of carbonyl (C=O) groups is 1. The summed E-state index contributed by atoms with van der Waals surface area (Å²) in [6.45, 7) is -3.23. The summed E-state index contributed by atoms with van der Waals surface area (Å²) in [7, 11) is 0. The molecule has 0 spiro atoms. The highest BCUT2D eigenvalue weighted by molar-refractivity contribution is 5.91. The van der Waals surface area contributed by atoms with Crippen molar-refractivity contribution in [3.8, 4) is 11.6 Å². The van der Waals surface area contributed by atoms with Gasteiger partial charge in [0, 0.05) is 6.20 Å². The summed E-state index contributed by atoms with van der Waals surface area (Å²) in [6, 6.07) is 18.4. The van der Waals surface area contributed by atoms with E-state index in [1.165, 1.54) is 18.3 Å². The van der Waals surface area contributed by atoms with Gasteiger partial charge in [0.15, 0.2) is 5.82 Å². The van der Waals surface area contributed by atoms with Crippen molar-refractivity contribution in [1.29, 1.82) is 0 Å². The minimum absolute atomic E-state index is 0.0519. The number of halogens is 2. The zero-order chi connectivity index (χ0) is 20.2. The quantitative estimate of drug-likeness (QED) is 0.431. The number of aromatic nitrogens is 3. The lowest BCUT2D eigenvalue weighted by Gasteiger charge is -2.11. The number of fused-ring (bicyclic) bond motifs is 1.